The first-order chi connectivity index (χ1) is 11.5. The predicted octanol–water partition coefficient (Wildman–Crippen LogP) is 6.66. The molecule has 24 heavy (non-hydrogen) atoms. The highest BCUT2D eigenvalue weighted by Gasteiger charge is 2.34. The molecule has 0 amide bonds. The molecule has 0 radical (unpaired) electrons. The summed E-state index contributed by atoms with van der Waals surface area (Å²) in [5, 5.41) is 0. The largest absolute Gasteiger partial charge is 0.0617 e. The molecule has 0 spiro atoms. The Bertz CT molecular complexity index is 606. The third kappa shape index (κ3) is 3.58. The average molecular weight is 321 g/mol. The van der Waals surface area contributed by atoms with Crippen molar-refractivity contribution in [2.45, 2.75) is 72.6 Å². The summed E-state index contributed by atoms with van der Waals surface area (Å²) < 4.78 is 0. The van der Waals surface area contributed by atoms with Crippen LogP contribution in [0.15, 0.2) is 36.4 Å². The molecule has 0 bridgehead atoms. The van der Waals surface area contributed by atoms with Gasteiger partial charge in [-0.3, -0.25) is 0 Å². The van der Waals surface area contributed by atoms with Crippen LogP contribution in [0.2, 0.25) is 0 Å². The molecular weight excluding hydrogens is 288 g/mol. The lowest BCUT2D eigenvalue weighted by atomic mass is 9.65. The molecule has 1 aliphatic carbocycles. The van der Waals surface area contributed by atoms with Crippen LogP contribution in [0.5, 0.6) is 0 Å². The van der Waals surface area contributed by atoms with Gasteiger partial charge in [0.1, 0.15) is 0 Å². The summed E-state index contributed by atoms with van der Waals surface area (Å²) in [7, 11) is 0. The molecule has 3 rings (SSSR count). The Morgan fingerprint density at radius 2 is 1.00 bits per heavy atom. The number of hydrogen-bond acceptors (Lipinski definition) is 0. The predicted molar refractivity (Wildman–Crippen MR) is 105 cm³/mol. The van der Waals surface area contributed by atoms with Crippen LogP contribution in [0.4, 0.5) is 0 Å². The fourth-order valence-electron chi connectivity index (χ4n) is 4.72. The van der Waals surface area contributed by atoms with E-state index in [0.717, 1.165) is 0 Å². The van der Waals surface area contributed by atoms with Gasteiger partial charge in [-0.15, -0.1) is 0 Å². The first-order valence-electron chi connectivity index (χ1n) is 9.61. The van der Waals surface area contributed by atoms with Gasteiger partial charge < -0.3 is 0 Å². The summed E-state index contributed by atoms with van der Waals surface area (Å²) in [5.41, 5.74) is 9.55. The zero-order chi connectivity index (χ0) is 17.2. The molecule has 2 aromatic rings. The van der Waals surface area contributed by atoms with Crippen molar-refractivity contribution in [3.63, 3.8) is 0 Å². The maximum atomic E-state index is 2.29. The molecule has 128 valence electrons. The van der Waals surface area contributed by atoms with Crippen LogP contribution in [0.25, 0.3) is 0 Å². The van der Waals surface area contributed by atoms with Crippen molar-refractivity contribution >= 4 is 0 Å². The number of rotatable bonds is 4. The third-order valence-electron chi connectivity index (χ3n) is 6.31. The average Bonchev–Trinajstić information content (AvgIpc) is 2.56. The zero-order valence-electron chi connectivity index (χ0n) is 15.9. The zero-order valence-corrected chi connectivity index (χ0v) is 15.9. The molecule has 0 nitrogen and oxygen atoms in total. The van der Waals surface area contributed by atoms with Crippen LogP contribution < -0.4 is 0 Å². The maximum absolute atomic E-state index is 2.29. The van der Waals surface area contributed by atoms with Crippen molar-refractivity contribution < 1.29 is 0 Å². The first kappa shape index (κ1) is 17.3. The lowest BCUT2D eigenvalue weighted by Crippen LogP contribution is -2.30. The molecule has 1 fully saturated rings. The summed E-state index contributed by atoms with van der Waals surface area (Å²) in [6.45, 7) is 9.16. The molecule has 0 aliphatic heterocycles. The minimum atomic E-state index is 0.450. The highest BCUT2D eigenvalue weighted by Crippen LogP contribution is 2.43. The van der Waals surface area contributed by atoms with Crippen molar-refractivity contribution in [3.05, 3.63) is 69.8 Å². The SMILES string of the molecule is Cc1cccc(C)c1CC1(Cc2c(C)cccc2C)CCCCC1. The summed E-state index contributed by atoms with van der Waals surface area (Å²) in [6.07, 6.45) is 9.48. The highest BCUT2D eigenvalue weighted by molar-refractivity contribution is 5.37. The van der Waals surface area contributed by atoms with Gasteiger partial charge in [0.25, 0.3) is 0 Å². The fourth-order valence-corrected chi connectivity index (χ4v) is 4.72. The quantitative estimate of drug-likeness (QED) is 0.591. The summed E-state index contributed by atoms with van der Waals surface area (Å²) in [5.74, 6) is 0. The Morgan fingerprint density at radius 1 is 0.625 bits per heavy atom. The topological polar surface area (TPSA) is 0 Å². The molecular formula is C24H32. The van der Waals surface area contributed by atoms with Crippen LogP contribution in [0.1, 0.15) is 65.5 Å². The molecule has 1 saturated carbocycles. The second kappa shape index (κ2) is 7.13. The number of hydrogen-bond donors (Lipinski definition) is 0. The minimum Gasteiger partial charge on any atom is -0.0617 e. The van der Waals surface area contributed by atoms with Gasteiger partial charge in [-0.2, -0.15) is 0 Å². The molecule has 0 heteroatoms. The molecule has 2 aromatic carbocycles. The van der Waals surface area contributed by atoms with E-state index in [1.807, 2.05) is 0 Å². The summed E-state index contributed by atoms with van der Waals surface area (Å²) in [4.78, 5) is 0. The highest BCUT2D eigenvalue weighted by atomic mass is 14.4. The van der Waals surface area contributed by atoms with E-state index in [1.165, 1.54) is 67.2 Å². The van der Waals surface area contributed by atoms with Gasteiger partial charge in [0.15, 0.2) is 0 Å². The van der Waals surface area contributed by atoms with E-state index < -0.39 is 0 Å². The summed E-state index contributed by atoms with van der Waals surface area (Å²) in [6, 6.07) is 13.6. The molecule has 0 aromatic heterocycles. The van der Waals surface area contributed by atoms with E-state index in [9.17, 15) is 0 Å². The van der Waals surface area contributed by atoms with Crippen LogP contribution in [0, 0.1) is 33.1 Å². The van der Waals surface area contributed by atoms with Gasteiger partial charge in [0.05, 0.1) is 0 Å². The van der Waals surface area contributed by atoms with Crippen molar-refractivity contribution in [1.29, 1.82) is 0 Å². The Labute approximate surface area is 148 Å². The van der Waals surface area contributed by atoms with Gasteiger partial charge in [-0.25, -0.2) is 0 Å². The Kier molecular flexibility index (Phi) is 5.13. The monoisotopic (exact) mass is 320 g/mol. The van der Waals surface area contributed by atoms with Gasteiger partial charge in [-0.1, -0.05) is 55.7 Å². The third-order valence-corrected chi connectivity index (χ3v) is 6.31. The number of benzene rings is 2. The second-order valence-electron chi connectivity index (χ2n) is 8.15. The molecule has 0 heterocycles. The molecule has 0 unspecified atom stereocenters. The maximum Gasteiger partial charge on any atom is -0.0214 e. The number of aryl methyl sites for hydroxylation is 4. The van der Waals surface area contributed by atoms with E-state index in [1.54, 1.807) is 11.1 Å². The van der Waals surface area contributed by atoms with E-state index in [-0.39, 0.29) is 0 Å². The molecule has 0 N–H and O–H groups in total. The van der Waals surface area contributed by atoms with Gasteiger partial charge in [-0.05, 0) is 92.2 Å². The van der Waals surface area contributed by atoms with E-state index >= 15 is 0 Å². The van der Waals surface area contributed by atoms with Gasteiger partial charge >= 0.3 is 0 Å². The van der Waals surface area contributed by atoms with Gasteiger partial charge in [0.2, 0.25) is 0 Å². The van der Waals surface area contributed by atoms with E-state index in [4.69, 9.17) is 0 Å². The van der Waals surface area contributed by atoms with Crippen LogP contribution in [-0.4, -0.2) is 0 Å². The van der Waals surface area contributed by atoms with Crippen LogP contribution >= 0.6 is 0 Å². The minimum absolute atomic E-state index is 0.450. The molecule has 0 saturated heterocycles. The second-order valence-corrected chi connectivity index (χ2v) is 8.15. The van der Waals surface area contributed by atoms with E-state index in [2.05, 4.69) is 64.1 Å². The molecule has 0 atom stereocenters. The lowest BCUT2D eigenvalue weighted by molar-refractivity contribution is 0.185. The first-order valence-corrected chi connectivity index (χ1v) is 9.61. The fraction of sp³-hybridized carbons (Fsp3) is 0.500. The van der Waals surface area contributed by atoms with Crippen LogP contribution in [-0.2, 0) is 12.8 Å². The van der Waals surface area contributed by atoms with Crippen molar-refractivity contribution in [2.24, 2.45) is 5.41 Å². The standard InChI is InChI=1S/C24H32/c1-18-10-8-11-19(2)22(18)16-24(14-6-5-7-15-24)17-23-20(3)12-9-13-21(23)4/h8-13H,5-7,14-17H2,1-4H3. The Balaban J connectivity index is 1.96. The Morgan fingerprint density at radius 3 is 1.38 bits per heavy atom. The lowest BCUT2D eigenvalue weighted by Gasteiger charge is -2.39. The van der Waals surface area contributed by atoms with Crippen molar-refractivity contribution in [3.8, 4) is 0 Å². The van der Waals surface area contributed by atoms with Gasteiger partial charge in [0, 0.05) is 0 Å². The molecule has 1 aliphatic rings. The van der Waals surface area contributed by atoms with E-state index in [0.29, 0.717) is 5.41 Å². The summed E-state index contributed by atoms with van der Waals surface area (Å²) >= 11 is 0. The Hall–Kier alpha value is -1.56. The van der Waals surface area contributed by atoms with Crippen molar-refractivity contribution in [2.75, 3.05) is 0 Å². The smallest absolute Gasteiger partial charge is 0.0214 e. The normalized spacial score (nSPS) is 17.0. The van der Waals surface area contributed by atoms with Crippen LogP contribution in [0.3, 0.4) is 0 Å². The van der Waals surface area contributed by atoms with Crippen molar-refractivity contribution in [1.82, 2.24) is 0 Å².